The van der Waals surface area contributed by atoms with Gasteiger partial charge in [-0.15, -0.1) is 0 Å². The maximum atomic E-state index is 11.2. The van der Waals surface area contributed by atoms with Crippen molar-refractivity contribution in [2.75, 3.05) is 0 Å². The van der Waals surface area contributed by atoms with Gasteiger partial charge in [0.25, 0.3) is 0 Å². The number of rotatable bonds is 2. The van der Waals surface area contributed by atoms with E-state index in [4.69, 9.17) is 4.52 Å². The molecule has 0 unspecified atom stereocenters. The van der Waals surface area contributed by atoms with Gasteiger partial charge in [-0.05, 0) is 25.0 Å². The van der Waals surface area contributed by atoms with E-state index in [2.05, 4.69) is 26.1 Å². The van der Waals surface area contributed by atoms with Crippen LogP contribution in [-0.2, 0) is 4.79 Å². The molecule has 1 saturated carbocycles. The van der Waals surface area contributed by atoms with Crippen molar-refractivity contribution in [2.45, 2.75) is 31.6 Å². The monoisotopic (exact) mass is 320 g/mol. The molecular weight excluding hydrogens is 308 g/mol. The number of carbonyl (C=O) groups is 1. The first-order valence-corrected chi connectivity index (χ1v) is 7.13. The second kappa shape index (κ2) is 5.25. The van der Waals surface area contributed by atoms with Crippen LogP contribution in [0.25, 0.3) is 11.4 Å². The summed E-state index contributed by atoms with van der Waals surface area (Å²) in [6, 6.07) is 7.80. The van der Waals surface area contributed by atoms with E-state index < -0.39 is 0 Å². The zero-order valence-electron chi connectivity index (χ0n) is 10.3. The summed E-state index contributed by atoms with van der Waals surface area (Å²) in [5, 5.41) is 4.03. The minimum atomic E-state index is 0.228. The molecule has 0 aliphatic heterocycles. The number of ketones is 1. The predicted octanol–water partition coefficient (Wildman–Crippen LogP) is 3.73. The van der Waals surface area contributed by atoms with Crippen LogP contribution >= 0.6 is 15.9 Å². The Labute approximate surface area is 119 Å². The normalized spacial score (nSPS) is 16.8. The first-order chi connectivity index (χ1) is 9.22. The zero-order chi connectivity index (χ0) is 13.2. The Morgan fingerprint density at radius 2 is 2.05 bits per heavy atom. The quantitative estimate of drug-likeness (QED) is 0.846. The van der Waals surface area contributed by atoms with Crippen molar-refractivity contribution in [3.05, 3.63) is 34.6 Å². The van der Waals surface area contributed by atoms with E-state index in [1.54, 1.807) is 0 Å². The van der Waals surface area contributed by atoms with Crippen LogP contribution in [0, 0.1) is 0 Å². The molecule has 0 spiro atoms. The number of benzene rings is 1. The summed E-state index contributed by atoms with van der Waals surface area (Å²) in [6.45, 7) is 0. The average molecular weight is 321 g/mol. The molecule has 2 aromatic rings. The fourth-order valence-electron chi connectivity index (χ4n) is 2.33. The molecule has 1 aliphatic rings. The molecule has 0 amide bonds. The Bertz CT molecular complexity index is 599. The number of Topliss-reactive ketones (excluding diaryl/α,β-unsaturated/α-hetero) is 1. The van der Waals surface area contributed by atoms with E-state index in [0.29, 0.717) is 30.3 Å². The fourth-order valence-corrected chi connectivity index (χ4v) is 2.73. The molecule has 0 atom stereocenters. The molecule has 1 aromatic carbocycles. The van der Waals surface area contributed by atoms with Gasteiger partial charge in [-0.25, -0.2) is 0 Å². The largest absolute Gasteiger partial charge is 0.339 e. The summed E-state index contributed by atoms with van der Waals surface area (Å²) in [4.78, 5) is 15.7. The standard InChI is InChI=1S/C14H13BrN2O2/c15-11-3-1-2-10(8-11)13-16-14(19-17-13)9-4-6-12(18)7-5-9/h1-3,8-9H,4-7H2. The molecule has 1 fully saturated rings. The average Bonchev–Trinajstić information content (AvgIpc) is 2.89. The lowest BCUT2D eigenvalue weighted by Crippen LogP contribution is -2.12. The van der Waals surface area contributed by atoms with Crippen LogP contribution < -0.4 is 0 Å². The highest BCUT2D eigenvalue weighted by Gasteiger charge is 2.25. The SMILES string of the molecule is O=C1CCC(c2nc(-c3cccc(Br)c3)no2)CC1. The molecule has 0 radical (unpaired) electrons. The van der Waals surface area contributed by atoms with Crippen LogP contribution in [0.3, 0.4) is 0 Å². The van der Waals surface area contributed by atoms with E-state index in [-0.39, 0.29) is 5.92 Å². The van der Waals surface area contributed by atoms with E-state index in [9.17, 15) is 4.79 Å². The molecule has 98 valence electrons. The van der Waals surface area contributed by atoms with Gasteiger partial charge in [0, 0.05) is 28.8 Å². The van der Waals surface area contributed by atoms with E-state index in [1.807, 2.05) is 24.3 Å². The molecule has 4 nitrogen and oxygen atoms in total. The second-order valence-electron chi connectivity index (χ2n) is 4.78. The van der Waals surface area contributed by atoms with Crippen LogP contribution in [0.1, 0.15) is 37.5 Å². The first kappa shape index (κ1) is 12.5. The predicted molar refractivity (Wildman–Crippen MR) is 73.7 cm³/mol. The Kier molecular flexibility index (Phi) is 3.46. The summed E-state index contributed by atoms with van der Waals surface area (Å²) in [7, 11) is 0. The summed E-state index contributed by atoms with van der Waals surface area (Å²) < 4.78 is 6.33. The van der Waals surface area contributed by atoms with Gasteiger partial charge in [0.2, 0.25) is 11.7 Å². The number of halogens is 1. The van der Waals surface area contributed by atoms with Crippen molar-refractivity contribution in [3.8, 4) is 11.4 Å². The highest BCUT2D eigenvalue weighted by Crippen LogP contribution is 2.31. The molecule has 0 N–H and O–H groups in total. The lowest BCUT2D eigenvalue weighted by molar-refractivity contribution is -0.120. The lowest BCUT2D eigenvalue weighted by Gasteiger charge is -2.16. The van der Waals surface area contributed by atoms with E-state index in [0.717, 1.165) is 22.9 Å². The fraction of sp³-hybridized carbons (Fsp3) is 0.357. The van der Waals surface area contributed by atoms with Crippen molar-refractivity contribution in [1.82, 2.24) is 10.1 Å². The molecule has 1 aliphatic carbocycles. The third-order valence-electron chi connectivity index (χ3n) is 3.42. The van der Waals surface area contributed by atoms with Crippen LogP contribution in [0.5, 0.6) is 0 Å². The topological polar surface area (TPSA) is 56.0 Å². The van der Waals surface area contributed by atoms with Crippen molar-refractivity contribution in [3.63, 3.8) is 0 Å². The van der Waals surface area contributed by atoms with Gasteiger partial charge >= 0.3 is 0 Å². The summed E-state index contributed by atoms with van der Waals surface area (Å²) in [6.07, 6.45) is 2.89. The Morgan fingerprint density at radius 3 is 2.79 bits per heavy atom. The van der Waals surface area contributed by atoms with Crippen molar-refractivity contribution >= 4 is 21.7 Å². The molecular formula is C14H13BrN2O2. The van der Waals surface area contributed by atoms with Gasteiger partial charge in [-0.1, -0.05) is 33.2 Å². The third kappa shape index (κ3) is 2.76. The maximum absolute atomic E-state index is 11.2. The summed E-state index contributed by atoms with van der Waals surface area (Å²) in [5.41, 5.74) is 0.927. The number of hydrogen-bond acceptors (Lipinski definition) is 4. The number of nitrogens with zero attached hydrogens (tertiary/aromatic N) is 2. The molecule has 1 heterocycles. The van der Waals surface area contributed by atoms with Crippen molar-refractivity contribution in [2.24, 2.45) is 0 Å². The second-order valence-corrected chi connectivity index (χ2v) is 5.70. The third-order valence-corrected chi connectivity index (χ3v) is 3.91. The van der Waals surface area contributed by atoms with Gasteiger partial charge in [-0.2, -0.15) is 4.98 Å². The number of aromatic nitrogens is 2. The van der Waals surface area contributed by atoms with Gasteiger partial charge in [0.05, 0.1) is 0 Å². The highest BCUT2D eigenvalue weighted by atomic mass is 79.9. The molecule has 5 heteroatoms. The minimum Gasteiger partial charge on any atom is -0.339 e. The van der Waals surface area contributed by atoms with Gasteiger partial charge in [-0.3, -0.25) is 4.79 Å². The van der Waals surface area contributed by atoms with Crippen LogP contribution in [-0.4, -0.2) is 15.9 Å². The summed E-state index contributed by atoms with van der Waals surface area (Å²) >= 11 is 3.43. The molecule has 0 bridgehead atoms. The number of hydrogen-bond donors (Lipinski definition) is 0. The van der Waals surface area contributed by atoms with Gasteiger partial charge in [0.15, 0.2) is 0 Å². The van der Waals surface area contributed by atoms with Gasteiger partial charge in [0.1, 0.15) is 5.78 Å². The Morgan fingerprint density at radius 1 is 1.26 bits per heavy atom. The van der Waals surface area contributed by atoms with Gasteiger partial charge < -0.3 is 4.52 Å². The summed E-state index contributed by atoms with van der Waals surface area (Å²) in [5.74, 6) is 1.82. The van der Waals surface area contributed by atoms with Crippen molar-refractivity contribution < 1.29 is 9.32 Å². The Balaban J connectivity index is 1.81. The first-order valence-electron chi connectivity index (χ1n) is 6.33. The van der Waals surface area contributed by atoms with Crippen molar-refractivity contribution in [1.29, 1.82) is 0 Å². The highest BCUT2D eigenvalue weighted by molar-refractivity contribution is 9.10. The van der Waals surface area contributed by atoms with E-state index in [1.165, 1.54) is 0 Å². The zero-order valence-corrected chi connectivity index (χ0v) is 11.9. The van der Waals surface area contributed by atoms with Crippen LogP contribution in [0.4, 0.5) is 0 Å². The lowest BCUT2D eigenvalue weighted by atomic mass is 9.88. The Hall–Kier alpha value is -1.49. The minimum absolute atomic E-state index is 0.228. The number of carbonyl (C=O) groups excluding carboxylic acids is 1. The molecule has 3 rings (SSSR count). The maximum Gasteiger partial charge on any atom is 0.230 e. The molecule has 0 saturated heterocycles. The molecule has 1 aromatic heterocycles. The smallest absolute Gasteiger partial charge is 0.230 e. The molecule has 19 heavy (non-hydrogen) atoms. The van der Waals surface area contributed by atoms with Crippen LogP contribution in [0.2, 0.25) is 0 Å². The van der Waals surface area contributed by atoms with E-state index >= 15 is 0 Å². The van der Waals surface area contributed by atoms with Crippen LogP contribution in [0.15, 0.2) is 33.3 Å².